The molecule has 1 aromatic heterocycles. The Kier molecular flexibility index (Phi) is 6.08. The number of imide groups is 1. The summed E-state index contributed by atoms with van der Waals surface area (Å²) in [5.41, 5.74) is -0.825. The van der Waals surface area contributed by atoms with Gasteiger partial charge in [-0.1, -0.05) is 6.58 Å². The van der Waals surface area contributed by atoms with E-state index in [4.69, 9.17) is 14.2 Å². The van der Waals surface area contributed by atoms with Crippen LogP contribution in [-0.2, 0) is 9.47 Å². The highest BCUT2D eigenvalue weighted by Crippen LogP contribution is 2.27. The second-order valence-electron chi connectivity index (χ2n) is 5.41. The lowest BCUT2D eigenvalue weighted by Gasteiger charge is -2.25. The van der Waals surface area contributed by atoms with E-state index in [1.165, 1.54) is 20.2 Å². The summed E-state index contributed by atoms with van der Waals surface area (Å²) in [6, 6.07) is 0. The van der Waals surface area contributed by atoms with Crippen molar-refractivity contribution < 1.29 is 23.8 Å². The molecule has 1 aromatic rings. The van der Waals surface area contributed by atoms with E-state index in [-0.39, 0.29) is 17.5 Å². The third-order valence-electron chi connectivity index (χ3n) is 2.12. The van der Waals surface area contributed by atoms with Gasteiger partial charge in [0.15, 0.2) is 0 Å². The maximum absolute atomic E-state index is 12.4. The molecule has 0 aliphatic carbocycles. The minimum Gasteiger partial charge on any atom is -0.478 e. The molecular weight excluding hydrogens is 370 g/mol. The molecule has 0 aromatic carbocycles. The molecule has 2 amide bonds. The summed E-state index contributed by atoms with van der Waals surface area (Å²) in [5.74, 6) is -0.104. The third-order valence-corrected chi connectivity index (χ3v) is 2.50. The molecule has 1 rings (SSSR count). The van der Waals surface area contributed by atoms with Gasteiger partial charge < -0.3 is 14.2 Å². The van der Waals surface area contributed by atoms with Crippen LogP contribution in [0.25, 0.3) is 0 Å². The average molecular weight is 388 g/mol. The number of methoxy groups -OCH3 is 1. The first kappa shape index (κ1) is 18.9. The van der Waals surface area contributed by atoms with Gasteiger partial charge in [0.2, 0.25) is 5.82 Å². The van der Waals surface area contributed by atoms with Crippen molar-refractivity contribution in [2.45, 2.75) is 33.3 Å². The van der Waals surface area contributed by atoms with Crippen molar-refractivity contribution in [2.24, 2.45) is 0 Å². The normalized spacial score (nSPS) is 10.7. The zero-order valence-corrected chi connectivity index (χ0v) is 15.1. The van der Waals surface area contributed by atoms with Crippen molar-refractivity contribution in [1.82, 2.24) is 9.97 Å². The Balaban J connectivity index is 3.31. The molecule has 0 bridgehead atoms. The van der Waals surface area contributed by atoms with Crippen LogP contribution in [0.1, 0.15) is 27.7 Å². The summed E-state index contributed by atoms with van der Waals surface area (Å²) in [6.45, 7) is 9.93. The second kappa shape index (κ2) is 7.40. The quantitative estimate of drug-likeness (QED) is 0.730. The van der Waals surface area contributed by atoms with Gasteiger partial charge in [-0.2, -0.15) is 4.90 Å². The third kappa shape index (κ3) is 5.51. The van der Waals surface area contributed by atoms with Crippen molar-refractivity contribution >= 4 is 33.9 Å². The van der Waals surface area contributed by atoms with Gasteiger partial charge in [0, 0.05) is 0 Å². The van der Waals surface area contributed by atoms with Crippen LogP contribution < -0.4 is 9.64 Å². The summed E-state index contributed by atoms with van der Waals surface area (Å²) in [5, 5.41) is 0. The number of nitrogens with zero attached hydrogens (tertiary/aromatic N) is 3. The van der Waals surface area contributed by atoms with Gasteiger partial charge in [-0.15, -0.1) is 0 Å². The van der Waals surface area contributed by atoms with E-state index in [0.717, 1.165) is 0 Å². The van der Waals surface area contributed by atoms with Crippen LogP contribution in [0.3, 0.4) is 0 Å². The largest absolute Gasteiger partial charge is 0.478 e. The Morgan fingerprint density at radius 3 is 2.39 bits per heavy atom. The first-order chi connectivity index (χ1) is 10.5. The van der Waals surface area contributed by atoms with Gasteiger partial charge in [-0.25, -0.2) is 19.6 Å². The van der Waals surface area contributed by atoms with Gasteiger partial charge in [-0.05, 0) is 43.6 Å². The van der Waals surface area contributed by atoms with Gasteiger partial charge in [0.05, 0.1) is 19.1 Å². The smallest absolute Gasteiger partial charge is 0.430 e. The maximum atomic E-state index is 12.4. The van der Waals surface area contributed by atoms with Crippen LogP contribution >= 0.6 is 15.9 Å². The van der Waals surface area contributed by atoms with E-state index in [1.54, 1.807) is 20.8 Å². The van der Waals surface area contributed by atoms with Crippen LogP contribution in [0.5, 0.6) is 5.88 Å². The number of ether oxygens (including phenoxy) is 3. The van der Waals surface area contributed by atoms with Crippen LogP contribution in [0.4, 0.5) is 15.4 Å². The highest BCUT2D eigenvalue weighted by Gasteiger charge is 2.34. The Labute approximate surface area is 142 Å². The molecule has 0 atom stereocenters. The second-order valence-corrected chi connectivity index (χ2v) is 6.22. The molecule has 0 unspecified atom stereocenters. The number of hydrogen-bond acceptors (Lipinski definition) is 7. The molecule has 0 fully saturated rings. The minimum absolute atomic E-state index is 0.0519. The van der Waals surface area contributed by atoms with Gasteiger partial charge in [-0.3, -0.25) is 0 Å². The Morgan fingerprint density at radius 2 is 1.91 bits per heavy atom. The molecule has 0 saturated carbocycles. The van der Waals surface area contributed by atoms with E-state index < -0.39 is 17.8 Å². The Hall–Kier alpha value is -2.16. The minimum atomic E-state index is -1.03. The van der Waals surface area contributed by atoms with Crippen molar-refractivity contribution in [2.75, 3.05) is 12.0 Å². The van der Waals surface area contributed by atoms with E-state index in [1.807, 2.05) is 0 Å². The molecule has 0 aliphatic heterocycles. The van der Waals surface area contributed by atoms with Gasteiger partial charge in [0.25, 0.3) is 5.88 Å². The fraction of sp³-hybridized carbons (Fsp3) is 0.429. The van der Waals surface area contributed by atoms with Crippen molar-refractivity contribution in [1.29, 1.82) is 0 Å². The van der Waals surface area contributed by atoms with Crippen LogP contribution in [0.2, 0.25) is 0 Å². The monoisotopic (exact) mass is 387 g/mol. The fourth-order valence-electron chi connectivity index (χ4n) is 1.39. The number of anilines is 1. The Morgan fingerprint density at radius 1 is 1.30 bits per heavy atom. The summed E-state index contributed by atoms with van der Waals surface area (Å²) in [6.07, 6.45) is -0.691. The van der Waals surface area contributed by atoms with Crippen LogP contribution in [-0.4, -0.2) is 34.9 Å². The fourth-order valence-corrected chi connectivity index (χ4v) is 1.65. The molecular formula is C14H18BrN3O5. The summed E-state index contributed by atoms with van der Waals surface area (Å²) in [4.78, 5) is 33.2. The predicted molar refractivity (Wildman–Crippen MR) is 86.3 cm³/mol. The molecule has 0 spiro atoms. The molecule has 23 heavy (non-hydrogen) atoms. The zero-order valence-electron chi connectivity index (χ0n) is 13.5. The number of amides is 2. The van der Waals surface area contributed by atoms with Crippen molar-refractivity contribution in [3.05, 3.63) is 23.1 Å². The number of halogens is 1. The zero-order chi connectivity index (χ0) is 17.8. The SMILES string of the molecule is C=C(C)OC(=O)N(C(=O)OC(C)(C)C)c1ncc(Br)nc1OC. The molecule has 0 N–H and O–H groups in total. The molecule has 8 nitrogen and oxygen atoms in total. The lowest BCUT2D eigenvalue weighted by Crippen LogP contribution is -2.42. The molecule has 1 heterocycles. The molecule has 0 aliphatic rings. The summed E-state index contributed by atoms with van der Waals surface area (Å²) >= 11 is 3.13. The first-order valence-corrected chi connectivity index (χ1v) is 7.31. The molecule has 0 radical (unpaired) electrons. The van der Waals surface area contributed by atoms with Crippen molar-refractivity contribution in [3.8, 4) is 5.88 Å². The number of hydrogen-bond donors (Lipinski definition) is 0. The van der Waals surface area contributed by atoms with E-state index >= 15 is 0 Å². The first-order valence-electron chi connectivity index (χ1n) is 6.52. The number of rotatable bonds is 3. The molecule has 9 heteroatoms. The standard InChI is InChI=1S/C14H18BrN3O5/c1-8(2)22-12(19)18(13(20)23-14(3,4)5)10-11(21-6)17-9(15)7-16-10/h7H,1H2,2-6H3. The average Bonchev–Trinajstić information content (AvgIpc) is 2.37. The lowest BCUT2D eigenvalue weighted by molar-refractivity contribution is 0.0575. The summed E-state index contributed by atoms with van der Waals surface area (Å²) < 4.78 is 15.5. The summed E-state index contributed by atoms with van der Waals surface area (Å²) in [7, 11) is 1.33. The van der Waals surface area contributed by atoms with Gasteiger partial charge in [0.1, 0.15) is 10.2 Å². The van der Waals surface area contributed by atoms with Crippen LogP contribution in [0, 0.1) is 0 Å². The number of aromatic nitrogens is 2. The lowest BCUT2D eigenvalue weighted by atomic mass is 10.2. The van der Waals surface area contributed by atoms with Crippen molar-refractivity contribution in [3.63, 3.8) is 0 Å². The van der Waals surface area contributed by atoms with E-state index in [9.17, 15) is 9.59 Å². The number of carbonyl (C=O) groups is 2. The molecule has 0 saturated heterocycles. The highest BCUT2D eigenvalue weighted by molar-refractivity contribution is 9.10. The molecule has 126 valence electrons. The number of allylic oxidation sites excluding steroid dienone is 1. The topological polar surface area (TPSA) is 90.9 Å². The highest BCUT2D eigenvalue weighted by atomic mass is 79.9. The Bertz CT molecular complexity index is 627. The van der Waals surface area contributed by atoms with Crippen LogP contribution in [0.15, 0.2) is 23.1 Å². The van der Waals surface area contributed by atoms with E-state index in [2.05, 4.69) is 32.5 Å². The van der Waals surface area contributed by atoms with Gasteiger partial charge >= 0.3 is 12.2 Å². The number of carbonyl (C=O) groups excluding carboxylic acids is 2. The predicted octanol–water partition coefficient (Wildman–Crippen LogP) is 3.66. The maximum Gasteiger partial charge on any atom is 0.430 e. The van der Waals surface area contributed by atoms with E-state index in [0.29, 0.717) is 9.50 Å².